The van der Waals surface area contributed by atoms with E-state index in [1.807, 2.05) is 6.07 Å². The normalized spacial score (nSPS) is 20.7. The predicted octanol–water partition coefficient (Wildman–Crippen LogP) is 2.11. The van der Waals surface area contributed by atoms with Crippen LogP contribution in [-0.2, 0) is 0 Å². The van der Waals surface area contributed by atoms with Crippen LogP contribution < -0.4 is 5.32 Å². The van der Waals surface area contributed by atoms with Gasteiger partial charge in [0, 0.05) is 25.8 Å². The molecule has 2 rings (SSSR count). The minimum Gasteiger partial charge on any atom is -0.357 e. The first-order valence-electron chi connectivity index (χ1n) is 7.29. The quantitative estimate of drug-likeness (QED) is 0.855. The highest BCUT2D eigenvalue weighted by Gasteiger charge is 2.21. The highest BCUT2D eigenvalue weighted by molar-refractivity contribution is 5.92. The van der Waals surface area contributed by atoms with Gasteiger partial charge in [-0.15, -0.1) is 0 Å². The Kier molecular flexibility index (Phi) is 5.02. The summed E-state index contributed by atoms with van der Waals surface area (Å²) in [6.45, 7) is 8.79. The molecule has 19 heavy (non-hydrogen) atoms. The second kappa shape index (κ2) is 6.75. The number of likely N-dealkylation sites (tertiary alicyclic amines) is 1. The number of rotatable bonds is 5. The van der Waals surface area contributed by atoms with E-state index in [2.05, 4.69) is 29.0 Å². The number of hydrogen-bond acceptors (Lipinski definition) is 2. The number of nitrogens with one attached hydrogen (secondary N) is 2. The van der Waals surface area contributed by atoms with Crippen molar-refractivity contribution in [1.82, 2.24) is 15.2 Å². The molecule has 106 valence electrons. The fraction of sp³-hybridized carbons (Fsp3) is 0.667. The van der Waals surface area contributed by atoms with Gasteiger partial charge in [-0.25, -0.2) is 0 Å². The van der Waals surface area contributed by atoms with Crippen molar-refractivity contribution in [2.75, 3.05) is 26.2 Å². The Labute approximate surface area is 115 Å². The lowest BCUT2D eigenvalue weighted by Crippen LogP contribution is -2.42. The monoisotopic (exact) mass is 263 g/mol. The van der Waals surface area contributed by atoms with Crippen LogP contribution in [0.2, 0.25) is 0 Å². The van der Waals surface area contributed by atoms with Gasteiger partial charge in [-0.2, -0.15) is 0 Å². The fourth-order valence-corrected chi connectivity index (χ4v) is 2.80. The highest BCUT2D eigenvalue weighted by atomic mass is 16.1. The van der Waals surface area contributed by atoms with Crippen molar-refractivity contribution in [3.8, 4) is 0 Å². The third-order valence-corrected chi connectivity index (χ3v) is 3.62. The minimum absolute atomic E-state index is 0.00554. The average molecular weight is 263 g/mol. The molecule has 1 aromatic heterocycles. The van der Waals surface area contributed by atoms with Crippen LogP contribution in [0.3, 0.4) is 0 Å². The molecule has 0 aliphatic carbocycles. The lowest BCUT2D eigenvalue weighted by Gasteiger charge is -2.33. The summed E-state index contributed by atoms with van der Waals surface area (Å²) in [4.78, 5) is 17.3. The number of amides is 1. The summed E-state index contributed by atoms with van der Waals surface area (Å²) >= 11 is 0. The Bertz CT molecular complexity index is 386. The second-order valence-corrected chi connectivity index (χ2v) is 5.96. The van der Waals surface area contributed by atoms with Gasteiger partial charge in [0.05, 0.1) is 0 Å². The molecule has 2 N–H and O–H groups in total. The van der Waals surface area contributed by atoms with E-state index in [9.17, 15) is 4.79 Å². The third kappa shape index (κ3) is 4.39. The maximum absolute atomic E-state index is 11.9. The largest absolute Gasteiger partial charge is 0.357 e. The Morgan fingerprint density at radius 3 is 3.11 bits per heavy atom. The highest BCUT2D eigenvalue weighted by Crippen LogP contribution is 2.16. The summed E-state index contributed by atoms with van der Waals surface area (Å²) in [7, 11) is 0. The SMILES string of the molecule is CC(C)CN1CCCC(CNC(=O)c2ccc[nH]2)C1. The number of carbonyl (C=O) groups excluding carboxylic acids is 1. The first-order chi connectivity index (χ1) is 9.15. The third-order valence-electron chi connectivity index (χ3n) is 3.62. The fourth-order valence-electron chi connectivity index (χ4n) is 2.80. The van der Waals surface area contributed by atoms with E-state index in [1.165, 1.54) is 25.9 Å². The van der Waals surface area contributed by atoms with Crippen molar-refractivity contribution < 1.29 is 4.79 Å². The van der Waals surface area contributed by atoms with Crippen molar-refractivity contribution in [3.63, 3.8) is 0 Å². The number of aromatic nitrogens is 1. The molecule has 0 radical (unpaired) electrons. The summed E-state index contributed by atoms with van der Waals surface area (Å²) in [5, 5.41) is 3.03. The molecule has 0 spiro atoms. The molecule has 4 nitrogen and oxygen atoms in total. The number of aromatic amines is 1. The first kappa shape index (κ1) is 14.1. The smallest absolute Gasteiger partial charge is 0.267 e. The Hall–Kier alpha value is -1.29. The number of piperidine rings is 1. The molecular weight excluding hydrogens is 238 g/mol. The topological polar surface area (TPSA) is 48.1 Å². The van der Waals surface area contributed by atoms with Crippen molar-refractivity contribution in [1.29, 1.82) is 0 Å². The molecule has 1 atom stereocenters. The molecule has 0 aromatic carbocycles. The van der Waals surface area contributed by atoms with Crippen LogP contribution in [-0.4, -0.2) is 42.0 Å². The second-order valence-electron chi connectivity index (χ2n) is 5.96. The molecule has 1 aromatic rings. The predicted molar refractivity (Wildman–Crippen MR) is 77.1 cm³/mol. The van der Waals surface area contributed by atoms with E-state index in [1.54, 1.807) is 12.3 Å². The Morgan fingerprint density at radius 1 is 1.58 bits per heavy atom. The molecule has 1 aliphatic rings. The van der Waals surface area contributed by atoms with Crippen LogP contribution in [0.1, 0.15) is 37.2 Å². The van der Waals surface area contributed by atoms with Gasteiger partial charge < -0.3 is 15.2 Å². The van der Waals surface area contributed by atoms with E-state index in [-0.39, 0.29) is 5.91 Å². The number of H-pyrrole nitrogens is 1. The van der Waals surface area contributed by atoms with Gasteiger partial charge in [-0.3, -0.25) is 4.79 Å². The van der Waals surface area contributed by atoms with Crippen LogP contribution >= 0.6 is 0 Å². The van der Waals surface area contributed by atoms with Crippen LogP contribution in [0.15, 0.2) is 18.3 Å². The van der Waals surface area contributed by atoms with Crippen molar-refractivity contribution in [2.45, 2.75) is 26.7 Å². The molecule has 1 saturated heterocycles. The summed E-state index contributed by atoms with van der Waals surface area (Å²) in [5.41, 5.74) is 0.648. The van der Waals surface area contributed by atoms with Gasteiger partial charge >= 0.3 is 0 Å². The zero-order chi connectivity index (χ0) is 13.7. The summed E-state index contributed by atoms with van der Waals surface area (Å²) < 4.78 is 0. The number of nitrogens with zero attached hydrogens (tertiary/aromatic N) is 1. The van der Waals surface area contributed by atoms with Gasteiger partial charge in [0.25, 0.3) is 5.91 Å². The van der Waals surface area contributed by atoms with Gasteiger partial charge in [0.1, 0.15) is 5.69 Å². The summed E-state index contributed by atoms with van der Waals surface area (Å²) in [5.74, 6) is 1.31. The van der Waals surface area contributed by atoms with Crippen molar-refractivity contribution in [3.05, 3.63) is 24.0 Å². The first-order valence-corrected chi connectivity index (χ1v) is 7.29. The molecule has 0 bridgehead atoms. The van der Waals surface area contributed by atoms with E-state index in [0.717, 1.165) is 13.1 Å². The van der Waals surface area contributed by atoms with E-state index < -0.39 is 0 Å². The molecule has 2 heterocycles. The average Bonchev–Trinajstić information content (AvgIpc) is 2.89. The van der Waals surface area contributed by atoms with Crippen molar-refractivity contribution >= 4 is 5.91 Å². The van der Waals surface area contributed by atoms with Crippen molar-refractivity contribution in [2.24, 2.45) is 11.8 Å². The molecular formula is C15H25N3O. The minimum atomic E-state index is 0.00554. The summed E-state index contributed by atoms with van der Waals surface area (Å²) in [6.07, 6.45) is 4.25. The molecule has 1 aliphatic heterocycles. The van der Waals surface area contributed by atoms with E-state index in [4.69, 9.17) is 0 Å². The van der Waals surface area contributed by atoms with Gasteiger partial charge in [-0.1, -0.05) is 13.8 Å². The zero-order valence-corrected chi connectivity index (χ0v) is 12.0. The van der Waals surface area contributed by atoms with Crippen LogP contribution in [0.25, 0.3) is 0 Å². The standard InChI is InChI=1S/C15H25N3O/c1-12(2)10-18-8-4-5-13(11-18)9-17-15(19)14-6-3-7-16-14/h3,6-7,12-13,16H,4-5,8-11H2,1-2H3,(H,17,19). The molecule has 1 unspecified atom stereocenters. The summed E-state index contributed by atoms with van der Waals surface area (Å²) in [6, 6.07) is 3.65. The Morgan fingerprint density at radius 2 is 2.42 bits per heavy atom. The van der Waals surface area contributed by atoms with Gasteiger partial charge in [0.15, 0.2) is 0 Å². The lowest BCUT2D eigenvalue weighted by molar-refractivity contribution is 0.0925. The zero-order valence-electron chi connectivity index (χ0n) is 12.0. The van der Waals surface area contributed by atoms with Crippen LogP contribution in [0.5, 0.6) is 0 Å². The van der Waals surface area contributed by atoms with Crippen LogP contribution in [0.4, 0.5) is 0 Å². The molecule has 1 amide bonds. The van der Waals surface area contributed by atoms with E-state index in [0.29, 0.717) is 17.5 Å². The number of carbonyl (C=O) groups is 1. The van der Waals surface area contributed by atoms with Crippen LogP contribution in [0, 0.1) is 11.8 Å². The molecule has 0 saturated carbocycles. The molecule has 4 heteroatoms. The maximum atomic E-state index is 11.9. The van der Waals surface area contributed by atoms with Gasteiger partial charge in [-0.05, 0) is 43.4 Å². The Balaban J connectivity index is 1.75. The number of hydrogen-bond donors (Lipinski definition) is 2. The van der Waals surface area contributed by atoms with E-state index >= 15 is 0 Å². The van der Waals surface area contributed by atoms with Gasteiger partial charge in [0.2, 0.25) is 0 Å². The maximum Gasteiger partial charge on any atom is 0.267 e. The lowest BCUT2D eigenvalue weighted by atomic mass is 9.97. The molecule has 1 fully saturated rings.